The first-order valence-corrected chi connectivity index (χ1v) is 5.89. The number of hydrogen-bond donors (Lipinski definition) is 1. The van der Waals surface area contributed by atoms with Crippen LogP contribution in [-0.2, 0) is 4.79 Å². The zero-order valence-electron chi connectivity index (χ0n) is 8.46. The van der Waals surface area contributed by atoms with Gasteiger partial charge in [-0.15, -0.1) is 10.2 Å². The van der Waals surface area contributed by atoms with Gasteiger partial charge in [0.25, 0.3) is 0 Å². The standard InChI is InChI=1S/C9H13N3O2S/c1-6-2-7(3-6)12-5-10-11-9(12)15-4-8(13)14/h5-7H,2-4H2,1H3,(H,13,14). The van der Waals surface area contributed by atoms with Crippen molar-refractivity contribution >= 4 is 17.7 Å². The van der Waals surface area contributed by atoms with Crippen molar-refractivity contribution in [1.29, 1.82) is 0 Å². The first-order chi connectivity index (χ1) is 7.16. The maximum atomic E-state index is 10.4. The summed E-state index contributed by atoms with van der Waals surface area (Å²) in [6.45, 7) is 2.21. The highest BCUT2D eigenvalue weighted by atomic mass is 32.2. The maximum absolute atomic E-state index is 10.4. The highest BCUT2D eigenvalue weighted by Gasteiger charge is 2.28. The van der Waals surface area contributed by atoms with Crippen LogP contribution in [0.5, 0.6) is 0 Å². The van der Waals surface area contributed by atoms with Crippen molar-refractivity contribution in [3.8, 4) is 0 Å². The Morgan fingerprint density at radius 3 is 3.07 bits per heavy atom. The van der Waals surface area contributed by atoms with E-state index in [0.717, 1.165) is 18.8 Å². The number of thioether (sulfide) groups is 1. The van der Waals surface area contributed by atoms with Crippen LogP contribution in [0.3, 0.4) is 0 Å². The van der Waals surface area contributed by atoms with Gasteiger partial charge in [-0.2, -0.15) is 0 Å². The van der Waals surface area contributed by atoms with Crippen LogP contribution in [0.25, 0.3) is 0 Å². The van der Waals surface area contributed by atoms with E-state index in [4.69, 9.17) is 5.11 Å². The predicted molar refractivity (Wildman–Crippen MR) is 55.8 cm³/mol. The number of hydrogen-bond acceptors (Lipinski definition) is 4. The van der Waals surface area contributed by atoms with Gasteiger partial charge < -0.3 is 9.67 Å². The van der Waals surface area contributed by atoms with Gasteiger partial charge in [0, 0.05) is 6.04 Å². The minimum absolute atomic E-state index is 0.0426. The van der Waals surface area contributed by atoms with Crippen molar-refractivity contribution in [3.05, 3.63) is 6.33 Å². The summed E-state index contributed by atoms with van der Waals surface area (Å²) in [5, 5.41) is 17.0. The molecule has 0 radical (unpaired) electrons. The predicted octanol–water partition coefficient (Wildman–Crippen LogP) is 1.43. The molecule has 5 nitrogen and oxygen atoms in total. The fourth-order valence-corrected chi connectivity index (χ4v) is 2.50. The van der Waals surface area contributed by atoms with Crippen molar-refractivity contribution in [2.75, 3.05) is 5.75 Å². The fraction of sp³-hybridized carbons (Fsp3) is 0.667. The van der Waals surface area contributed by atoms with Gasteiger partial charge >= 0.3 is 5.97 Å². The summed E-state index contributed by atoms with van der Waals surface area (Å²) in [5.41, 5.74) is 0. The monoisotopic (exact) mass is 227 g/mol. The topological polar surface area (TPSA) is 68.0 Å². The molecule has 1 aromatic rings. The quantitative estimate of drug-likeness (QED) is 0.788. The van der Waals surface area contributed by atoms with E-state index in [1.165, 1.54) is 11.8 Å². The zero-order valence-corrected chi connectivity index (χ0v) is 9.28. The molecule has 0 bridgehead atoms. The van der Waals surface area contributed by atoms with Crippen molar-refractivity contribution in [3.63, 3.8) is 0 Å². The molecule has 0 aliphatic heterocycles. The number of carbonyl (C=O) groups is 1. The number of carboxylic acid groups (broad SMARTS) is 1. The van der Waals surface area contributed by atoms with E-state index in [2.05, 4.69) is 17.1 Å². The second-order valence-corrected chi connectivity index (χ2v) is 4.88. The molecule has 1 fully saturated rings. The smallest absolute Gasteiger partial charge is 0.313 e. The summed E-state index contributed by atoms with van der Waals surface area (Å²) in [4.78, 5) is 10.4. The van der Waals surface area contributed by atoms with Gasteiger partial charge in [0.15, 0.2) is 5.16 Å². The molecular weight excluding hydrogens is 214 g/mol. The van der Waals surface area contributed by atoms with E-state index in [0.29, 0.717) is 11.2 Å². The minimum Gasteiger partial charge on any atom is -0.481 e. The summed E-state index contributed by atoms with van der Waals surface area (Å²) < 4.78 is 1.99. The first kappa shape index (κ1) is 10.5. The molecule has 1 heterocycles. The fourth-order valence-electron chi connectivity index (χ4n) is 1.80. The van der Waals surface area contributed by atoms with Crippen LogP contribution in [0.4, 0.5) is 0 Å². The van der Waals surface area contributed by atoms with Crippen molar-refractivity contribution in [1.82, 2.24) is 14.8 Å². The average Bonchev–Trinajstić information content (AvgIpc) is 2.57. The van der Waals surface area contributed by atoms with Gasteiger partial charge in [0.05, 0.1) is 5.75 Å². The molecule has 1 aliphatic rings. The van der Waals surface area contributed by atoms with Crippen molar-refractivity contribution < 1.29 is 9.90 Å². The lowest BCUT2D eigenvalue weighted by Crippen LogP contribution is -2.24. The average molecular weight is 227 g/mol. The van der Waals surface area contributed by atoms with Gasteiger partial charge in [0.2, 0.25) is 0 Å². The Bertz CT molecular complexity index is 360. The number of nitrogens with zero attached hydrogens (tertiary/aromatic N) is 3. The summed E-state index contributed by atoms with van der Waals surface area (Å²) in [6.07, 6.45) is 3.97. The van der Waals surface area contributed by atoms with Gasteiger partial charge in [0.1, 0.15) is 6.33 Å². The highest BCUT2D eigenvalue weighted by molar-refractivity contribution is 7.99. The van der Waals surface area contributed by atoms with Crippen LogP contribution >= 0.6 is 11.8 Å². The number of aromatic nitrogens is 3. The van der Waals surface area contributed by atoms with Crippen LogP contribution in [0.1, 0.15) is 25.8 Å². The van der Waals surface area contributed by atoms with Crippen LogP contribution in [0.15, 0.2) is 11.5 Å². The Hall–Kier alpha value is -1.04. The SMILES string of the molecule is CC1CC(n2cnnc2SCC(=O)O)C1. The highest BCUT2D eigenvalue weighted by Crippen LogP contribution is 2.38. The molecule has 0 saturated heterocycles. The summed E-state index contributed by atoms with van der Waals surface area (Å²) in [5.74, 6) is -0.0210. The lowest BCUT2D eigenvalue weighted by Gasteiger charge is -2.33. The molecule has 1 N–H and O–H groups in total. The third-order valence-electron chi connectivity index (χ3n) is 2.61. The molecular formula is C9H13N3O2S. The van der Waals surface area contributed by atoms with E-state index in [9.17, 15) is 4.79 Å². The van der Waals surface area contributed by atoms with Crippen LogP contribution in [0, 0.1) is 5.92 Å². The number of aliphatic carboxylic acids is 1. The van der Waals surface area contributed by atoms with E-state index in [1.54, 1.807) is 6.33 Å². The molecule has 0 atom stereocenters. The number of rotatable bonds is 4. The van der Waals surface area contributed by atoms with Crippen molar-refractivity contribution in [2.45, 2.75) is 31.0 Å². The van der Waals surface area contributed by atoms with Gasteiger partial charge in [-0.05, 0) is 18.8 Å². The number of carboxylic acids is 1. The zero-order chi connectivity index (χ0) is 10.8. The first-order valence-electron chi connectivity index (χ1n) is 4.91. The van der Waals surface area contributed by atoms with Gasteiger partial charge in [-0.25, -0.2) is 0 Å². The molecule has 0 spiro atoms. The molecule has 1 aliphatic carbocycles. The molecule has 0 unspecified atom stereocenters. The second kappa shape index (κ2) is 4.22. The van der Waals surface area contributed by atoms with E-state index in [1.807, 2.05) is 4.57 Å². The molecule has 0 aromatic carbocycles. The van der Waals surface area contributed by atoms with Crippen molar-refractivity contribution in [2.24, 2.45) is 5.92 Å². The third-order valence-corrected chi connectivity index (χ3v) is 3.55. The van der Waals surface area contributed by atoms with Gasteiger partial charge in [-0.3, -0.25) is 4.79 Å². The Labute approximate surface area is 91.9 Å². The van der Waals surface area contributed by atoms with Crippen LogP contribution in [-0.4, -0.2) is 31.6 Å². The second-order valence-electron chi connectivity index (χ2n) is 3.93. The molecule has 82 valence electrons. The molecule has 2 rings (SSSR count). The van der Waals surface area contributed by atoms with E-state index in [-0.39, 0.29) is 5.75 Å². The Balaban J connectivity index is 1.99. The van der Waals surface area contributed by atoms with E-state index >= 15 is 0 Å². The minimum atomic E-state index is -0.823. The summed E-state index contributed by atoms with van der Waals surface area (Å²) >= 11 is 1.23. The molecule has 0 amide bonds. The molecule has 1 aromatic heterocycles. The normalized spacial score (nSPS) is 24.9. The largest absolute Gasteiger partial charge is 0.481 e. The molecule has 6 heteroatoms. The lowest BCUT2D eigenvalue weighted by molar-refractivity contribution is -0.133. The Morgan fingerprint density at radius 1 is 1.73 bits per heavy atom. The third kappa shape index (κ3) is 2.31. The summed E-state index contributed by atoms with van der Waals surface area (Å²) in [7, 11) is 0. The Morgan fingerprint density at radius 2 is 2.47 bits per heavy atom. The van der Waals surface area contributed by atoms with Crippen LogP contribution in [0.2, 0.25) is 0 Å². The van der Waals surface area contributed by atoms with Gasteiger partial charge in [-0.1, -0.05) is 18.7 Å². The molecule has 15 heavy (non-hydrogen) atoms. The van der Waals surface area contributed by atoms with E-state index < -0.39 is 5.97 Å². The maximum Gasteiger partial charge on any atom is 0.313 e. The Kier molecular flexibility index (Phi) is 2.95. The summed E-state index contributed by atoms with van der Waals surface area (Å²) in [6, 6.07) is 0.464. The molecule has 1 saturated carbocycles. The van der Waals surface area contributed by atoms with Crippen LogP contribution < -0.4 is 0 Å². The lowest BCUT2D eigenvalue weighted by atomic mass is 9.82.